The van der Waals surface area contributed by atoms with Crippen LogP contribution in [0.3, 0.4) is 0 Å². The molecule has 1 aliphatic rings. The number of aromatic nitrogens is 3. The van der Waals surface area contributed by atoms with Gasteiger partial charge in [-0.15, -0.1) is 0 Å². The average molecular weight is 379 g/mol. The SMILES string of the molecule is O=C(CCc1nc(-c2cccnc2)no1)Nc1ccccc1N1CCOCC1. The van der Waals surface area contributed by atoms with Crippen LogP contribution >= 0.6 is 0 Å². The van der Waals surface area contributed by atoms with E-state index in [4.69, 9.17) is 9.26 Å². The Kier molecular flexibility index (Phi) is 5.58. The number of carbonyl (C=O) groups is 1. The van der Waals surface area contributed by atoms with Gasteiger partial charge in [0.05, 0.1) is 24.6 Å². The van der Waals surface area contributed by atoms with Crippen LogP contribution in [0.2, 0.25) is 0 Å². The first-order valence-corrected chi connectivity index (χ1v) is 9.24. The minimum atomic E-state index is -0.0955. The molecule has 1 aliphatic heterocycles. The fourth-order valence-corrected chi connectivity index (χ4v) is 3.06. The average Bonchev–Trinajstić information content (AvgIpc) is 3.23. The number of aryl methyl sites for hydroxylation is 1. The van der Waals surface area contributed by atoms with E-state index >= 15 is 0 Å². The van der Waals surface area contributed by atoms with Gasteiger partial charge in [-0.25, -0.2) is 0 Å². The minimum Gasteiger partial charge on any atom is -0.378 e. The fraction of sp³-hybridized carbons (Fsp3) is 0.300. The maximum Gasteiger partial charge on any atom is 0.227 e. The minimum absolute atomic E-state index is 0.0955. The van der Waals surface area contributed by atoms with Gasteiger partial charge in [0.2, 0.25) is 17.6 Å². The second-order valence-electron chi connectivity index (χ2n) is 6.42. The Morgan fingerprint density at radius 1 is 1.14 bits per heavy atom. The Hall–Kier alpha value is -3.26. The van der Waals surface area contributed by atoms with Gasteiger partial charge in [0, 0.05) is 43.9 Å². The molecule has 1 N–H and O–H groups in total. The van der Waals surface area contributed by atoms with E-state index in [1.54, 1.807) is 12.4 Å². The highest BCUT2D eigenvalue weighted by Gasteiger charge is 2.16. The largest absolute Gasteiger partial charge is 0.378 e. The number of ether oxygens (including phenoxy) is 1. The van der Waals surface area contributed by atoms with E-state index in [1.165, 1.54) is 0 Å². The molecule has 8 nitrogen and oxygen atoms in total. The highest BCUT2D eigenvalue weighted by molar-refractivity contribution is 5.94. The summed E-state index contributed by atoms with van der Waals surface area (Å²) in [7, 11) is 0. The van der Waals surface area contributed by atoms with Crippen LogP contribution in [0.1, 0.15) is 12.3 Å². The Labute approximate surface area is 162 Å². The number of nitrogens with zero attached hydrogens (tertiary/aromatic N) is 4. The third-order valence-corrected chi connectivity index (χ3v) is 4.48. The van der Waals surface area contributed by atoms with E-state index in [-0.39, 0.29) is 12.3 Å². The van der Waals surface area contributed by atoms with Crippen molar-refractivity contribution >= 4 is 17.3 Å². The molecule has 0 radical (unpaired) electrons. The summed E-state index contributed by atoms with van der Waals surface area (Å²) < 4.78 is 10.7. The monoisotopic (exact) mass is 379 g/mol. The van der Waals surface area contributed by atoms with Gasteiger partial charge in [-0.3, -0.25) is 9.78 Å². The highest BCUT2D eigenvalue weighted by atomic mass is 16.5. The molecule has 4 rings (SSSR count). The van der Waals surface area contributed by atoms with Crippen molar-refractivity contribution in [3.63, 3.8) is 0 Å². The lowest BCUT2D eigenvalue weighted by atomic mass is 10.2. The molecule has 0 bridgehead atoms. The van der Waals surface area contributed by atoms with E-state index in [0.717, 1.165) is 30.0 Å². The number of rotatable bonds is 6. The number of para-hydroxylation sites is 2. The van der Waals surface area contributed by atoms with Crippen molar-refractivity contribution in [2.45, 2.75) is 12.8 Å². The lowest BCUT2D eigenvalue weighted by Crippen LogP contribution is -2.36. The van der Waals surface area contributed by atoms with Gasteiger partial charge in [-0.05, 0) is 24.3 Å². The molecule has 1 saturated heterocycles. The van der Waals surface area contributed by atoms with Gasteiger partial charge in [0.15, 0.2) is 0 Å². The molecule has 1 fully saturated rings. The topological polar surface area (TPSA) is 93.4 Å². The number of anilines is 2. The van der Waals surface area contributed by atoms with Crippen LogP contribution in [0.5, 0.6) is 0 Å². The smallest absolute Gasteiger partial charge is 0.227 e. The number of benzene rings is 1. The van der Waals surface area contributed by atoms with Crippen molar-refractivity contribution in [1.29, 1.82) is 0 Å². The Balaban J connectivity index is 1.36. The molecule has 0 atom stereocenters. The Bertz CT molecular complexity index is 922. The number of amides is 1. The molecule has 0 unspecified atom stereocenters. The quantitative estimate of drug-likeness (QED) is 0.703. The van der Waals surface area contributed by atoms with Crippen molar-refractivity contribution in [2.24, 2.45) is 0 Å². The van der Waals surface area contributed by atoms with Crippen LogP contribution in [0.4, 0.5) is 11.4 Å². The first-order chi connectivity index (χ1) is 13.8. The van der Waals surface area contributed by atoms with Gasteiger partial charge in [0.1, 0.15) is 0 Å². The zero-order chi connectivity index (χ0) is 19.2. The molecule has 3 aromatic rings. The number of carbonyl (C=O) groups excluding carboxylic acids is 1. The van der Waals surface area contributed by atoms with Crippen molar-refractivity contribution in [3.8, 4) is 11.4 Å². The van der Waals surface area contributed by atoms with E-state index in [0.29, 0.717) is 31.3 Å². The zero-order valence-corrected chi connectivity index (χ0v) is 15.4. The van der Waals surface area contributed by atoms with Gasteiger partial charge in [-0.2, -0.15) is 4.98 Å². The Morgan fingerprint density at radius 3 is 2.82 bits per heavy atom. The van der Waals surface area contributed by atoms with Gasteiger partial charge < -0.3 is 19.5 Å². The third-order valence-electron chi connectivity index (χ3n) is 4.48. The lowest BCUT2D eigenvalue weighted by Gasteiger charge is -2.30. The van der Waals surface area contributed by atoms with Crippen LogP contribution < -0.4 is 10.2 Å². The van der Waals surface area contributed by atoms with Crippen LogP contribution in [-0.4, -0.2) is 47.3 Å². The maximum absolute atomic E-state index is 12.4. The van der Waals surface area contributed by atoms with Crippen LogP contribution in [-0.2, 0) is 16.0 Å². The van der Waals surface area contributed by atoms with Gasteiger partial charge in [0.25, 0.3) is 0 Å². The summed E-state index contributed by atoms with van der Waals surface area (Å²) in [6, 6.07) is 11.5. The van der Waals surface area contributed by atoms with Crippen molar-refractivity contribution in [1.82, 2.24) is 15.1 Å². The van der Waals surface area contributed by atoms with Crippen molar-refractivity contribution in [3.05, 3.63) is 54.7 Å². The third kappa shape index (κ3) is 4.34. The number of hydrogen-bond acceptors (Lipinski definition) is 7. The molecular formula is C20H21N5O3. The number of nitrogens with one attached hydrogen (secondary N) is 1. The normalized spacial score (nSPS) is 14.1. The molecule has 3 heterocycles. The van der Waals surface area contributed by atoms with E-state index in [9.17, 15) is 4.79 Å². The fourth-order valence-electron chi connectivity index (χ4n) is 3.06. The van der Waals surface area contributed by atoms with Crippen molar-refractivity contribution < 1.29 is 14.1 Å². The molecule has 28 heavy (non-hydrogen) atoms. The summed E-state index contributed by atoms with van der Waals surface area (Å²) in [6.45, 7) is 3.01. The predicted octanol–water partition coefficient (Wildman–Crippen LogP) is 2.54. The molecule has 144 valence electrons. The summed E-state index contributed by atoms with van der Waals surface area (Å²) in [5.41, 5.74) is 2.59. The number of hydrogen-bond donors (Lipinski definition) is 1. The molecule has 2 aromatic heterocycles. The second kappa shape index (κ2) is 8.62. The van der Waals surface area contributed by atoms with E-state index < -0.39 is 0 Å². The van der Waals surface area contributed by atoms with Crippen molar-refractivity contribution in [2.75, 3.05) is 36.5 Å². The Morgan fingerprint density at radius 2 is 2.00 bits per heavy atom. The standard InChI is InChI=1S/C20H21N5O3/c26-18(7-8-19-23-20(24-28-19)15-4-3-9-21-14-15)22-16-5-1-2-6-17(16)25-10-12-27-13-11-25/h1-6,9,14H,7-8,10-13H2,(H,22,26). The summed E-state index contributed by atoms with van der Waals surface area (Å²) in [5, 5.41) is 6.94. The first kappa shape index (κ1) is 18.1. The number of morpholine rings is 1. The van der Waals surface area contributed by atoms with Crippen LogP contribution in [0.25, 0.3) is 11.4 Å². The zero-order valence-electron chi connectivity index (χ0n) is 15.4. The molecule has 0 spiro atoms. The van der Waals surface area contributed by atoms with Gasteiger partial charge in [-0.1, -0.05) is 17.3 Å². The summed E-state index contributed by atoms with van der Waals surface area (Å²) in [5.74, 6) is 0.804. The molecule has 0 aliphatic carbocycles. The summed E-state index contributed by atoms with van der Waals surface area (Å²) in [6.07, 6.45) is 3.98. The molecular weight excluding hydrogens is 358 g/mol. The molecule has 8 heteroatoms. The highest BCUT2D eigenvalue weighted by Crippen LogP contribution is 2.26. The van der Waals surface area contributed by atoms with Gasteiger partial charge >= 0.3 is 0 Å². The van der Waals surface area contributed by atoms with Crippen LogP contribution in [0.15, 0.2) is 53.3 Å². The lowest BCUT2D eigenvalue weighted by molar-refractivity contribution is -0.116. The summed E-state index contributed by atoms with van der Waals surface area (Å²) >= 11 is 0. The summed E-state index contributed by atoms with van der Waals surface area (Å²) in [4.78, 5) is 23.0. The predicted molar refractivity (Wildman–Crippen MR) is 104 cm³/mol. The number of pyridine rings is 1. The van der Waals surface area contributed by atoms with E-state index in [2.05, 4.69) is 25.3 Å². The first-order valence-electron chi connectivity index (χ1n) is 9.24. The molecule has 1 aromatic carbocycles. The molecule has 0 saturated carbocycles. The second-order valence-corrected chi connectivity index (χ2v) is 6.42. The van der Waals surface area contributed by atoms with E-state index in [1.807, 2.05) is 36.4 Å². The molecule has 1 amide bonds. The maximum atomic E-state index is 12.4. The van der Waals surface area contributed by atoms with Crippen LogP contribution in [0, 0.1) is 0 Å².